The summed E-state index contributed by atoms with van der Waals surface area (Å²) in [6, 6.07) is 8.68. The number of benzene rings is 1. The van der Waals surface area contributed by atoms with E-state index in [1.165, 1.54) is 0 Å². The predicted molar refractivity (Wildman–Crippen MR) is 72.0 cm³/mol. The second-order valence-corrected chi connectivity index (χ2v) is 5.37. The average Bonchev–Trinajstić information content (AvgIpc) is 2.73. The van der Waals surface area contributed by atoms with E-state index in [-0.39, 0.29) is 0 Å². The zero-order chi connectivity index (χ0) is 13.0. The molecule has 0 aliphatic carbocycles. The molecule has 1 aromatic carbocycles. The number of alkyl halides is 2. The molecular weight excluding hydrogens is 324 g/mol. The lowest BCUT2D eigenvalue weighted by Crippen LogP contribution is -1.98. The molecule has 0 unspecified atom stereocenters. The van der Waals surface area contributed by atoms with Gasteiger partial charge in [-0.25, -0.2) is 0 Å². The third-order valence-corrected chi connectivity index (χ3v) is 3.65. The van der Waals surface area contributed by atoms with Gasteiger partial charge in [0.15, 0.2) is 0 Å². The molecule has 0 aliphatic heterocycles. The summed E-state index contributed by atoms with van der Waals surface area (Å²) >= 11 is 3.90. The highest BCUT2D eigenvalue weighted by molar-refractivity contribution is 9.10. The molecule has 0 saturated heterocycles. The number of anilines is 1. The van der Waals surface area contributed by atoms with Gasteiger partial charge in [0, 0.05) is 10.6 Å². The van der Waals surface area contributed by atoms with E-state index in [1.807, 2.05) is 6.07 Å². The summed E-state index contributed by atoms with van der Waals surface area (Å²) in [5.74, 6) is -1.59. The van der Waals surface area contributed by atoms with Gasteiger partial charge in [-0.15, -0.1) is 0 Å². The smallest absolute Gasteiger partial charge is 0.288 e. The number of furan rings is 1. The summed E-state index contributed by atoms with van der Waals surface area (Å²) in [6.07, 6.45) is 1.60. The van der Waals surface area contributed by atoms with E-state index in [9.17, 15) is 8.78 Å². The Balaban J connectivity index is 1.92. The van der Waals surface area contributed by atoms with E-state index in [1.54, 1.807) is 30.5 Å². The number of rotatable bonds is 5. The fourth-order valence-corrected chi connectivity index (χ4v) is 2.23. The normalized spacial score (nSPS) is 10.9. The van der Waals surface area contributed by atoms with Crippen molar-refractivity contribution in [3.63, 3.8) is 0 Å². The summed E-state index contributed by atoms with van der Waals surface area (Å²) in [7, 11) is 0. The lowest BCUT2D eigenvalue weighted by atomic mass is 10.3. The molecule has 6 heteroatoms. The maximum Gasteiger partial charge on any atom is 0.288 e. The summed E-state index contributed by atoms with van der Waals surface area (Å²) in [5, 5.41) is 3.15. The first kappa shape index (κ1) is 13.4. The van der Waals surface area contributed by atoms with Crippen molar-refractivity contribution >= 4 is 33.4 Å². The van der Waals surface area contributed by atoms with Crippen LogP contribution in [0.15, 0.2) is 50.4 Å². The van der Waals surface area contributed by atoms with Crippen molar-refractivity contribution in [1.82, 2.24) is 0 Å². The van der Waals surface area contributed by atoms with E-state index in [4.69, 9.17) is 4.42 Å². The van der Waals surface area contributed by atoms with E-state index in [0.29, 0.717) is 23.2 Å². The summed E-state index contributed by atoms with van der Waals surface area (Å²) in [5.41, 5.74) is 0.858. The van der Waals surface area contributed by atoms with Gasteiger partial charge < -0.3 is 9.73 Å². The highest BCUT2D eigenvalue weighted by Gasteiger charge is 2.05. The Hall–Kier alpha value is -1.01. The van der Waals surface area contributed by atoms with Crippen LogP contribution in [0.5, 0.6) is 0 Å². The lowest BCUT2D eigenvalue weighted by Gasteiger charge is -2.06. The minimum atomic E-state index is -2.39. The van der Waals surface area contributed by atoms with Crippen molar-refractivity contribution in [2.75, 3.05) is 5.32 Å². The Labute approximate surface area is 116 Å². The molecule has 18 heavy (non-hydrogen) atoms. The van der Waals surface area contributed by atoms with Crippen LogP contribution in [0, 0.1) is 0 Å². The van der Waals surface area contributed by atoms with Crippen molar-refractivity contribution in [3.05, 3.63) is 46.8 Å². The van der Waals surface area contributed by atoms with Crippen molar-refractivity contribution < 1.29 is 13.2 Å². The zero-order valence-electron chi connectivity index (χ0n) is 9.20. The molecular formula is C12H10BrF2NOS. The molecule has 0 fully saturated rings. The first-order valence-corrected chi connectivity index (χ1v) is 6.83. The van der Waals surface area contributed by atoms with Crippen molar-refractivity contribution in [1.29, 1.82) is 0 Å². The molecule has 0 amide bonds. The number of thioether (sulfide) groups is 1. The second-order valence-electron chi connectivity index (χ2n) is 3.45. The minimum Gasteiger partial charge on any atom is -0.466 e. The van der Waals surface area contributed by atoms with Crippen LogP contribution >= 0.6 is 27.7 Å². The first-order chi connectivity index (χ1) is 8.65. The van der Waals surface area contributed by atoms with Gasteiger partial charge in [0.1, 0.15) is 5.76 Å². The Kier molecular flexibility index (Phi) is 4.66. The summed E-state index contributed by atoms with van der Waals surface area (Å²) < 4.78 is 30.4. The third-order valence-electron chi connectivity index (χ3n) is 2.22. The molecule has 0 saturated carbocycles. The van der Waals surface area contributed by atoms with Gasteiger partial charge in [-0.3, -0.25) is 0 Å². The Morgan fingerprint density at radius 1 is 1.22 bits per heavy atom. The Morgan fingerprint density at radius 2 is 1.94 bits per heavy atom. The Bertz CT molecular complexity index is 501. The van der Waals surface area contributed by atoms with Gasteiger partial charge in [0.25, 0.3) is 5.76 Å². The van der Waals surface area contributed by atoms with Crippen LogP contribution in [-0.2, 0) is 6.54 Å². The third kappa shape index (κ3) is 3.74. The maximum absolute atomic E-state index is 12.1. The number of halogens is 3. The molecule has 1 heterocycles. The molecule has 0 radical (unpaired) electrons. The van der Waals surface area contributed by atoms with E-state index < -0.39 is 5.76 Å². The van der Waals surface area contributed by atoms with Gasteiger partial charge in [-0.05, 0) is 46.3 Å². The zero-order valence-corrected chi connectivity index (χ0v) is 11.6. The maximum atomic E-state index is 12.1. The van der Waals surface area contributed by atoms with Crippen molar-refractivity contribution in [2.45, 2.75) is 17.2 Å². The fourth-order valence-electron chi connectivity index (χ4n) is 1.39. The number of hydrogen-bond donors (Lipinski definition) is 1. The van der Waals surface area contributed by atoms with Gasteiger partial charge >= 0.3 is 0 Å². The molecule has 0 spiro atoms. The van der Waals surface area contributed by atoms with E-state index >= 15 is 0 Å². The summed E-state index contributed by atoms with van der Waals surface area (Å²) in [4.78, 5) is 0.551. The van der Waals surface area contributed by atoms with Gasteiger partial charge in [-0.1, -0.05) is 11.8 Å². The lowest BCUT2D eigenvalue weighted by molar-refractivity contribution is 0.252. The molecule has 1 aromatic heterocycles. The van der Waals surface area contributed by atoms with Gasteiger partial charge in [0.05, 0.1) is 17.3 Å². The van der Waals surface area contributed by atoms with Crippen molar-refractivity contribution in [3.8, 4) is 0 Å². The molecule has 96 valence electrons. The number of hydrogen-bond acceptors (Lipinski definition) is 3. The highest BCUT2D eigenvalue weighted by atomic mass is 79.9. The van der Waals surface area contributed by atoms with Crippen LogP contribution in [0.2, 0.25) is 0 Å². The van der Waals surface area contributed by atoms with Gasteiger partial charge in [0.2, 0.25) is 0 Å². The SMILES string of the molecule is FC(F)Sc1ccc(NCc2occc2Br)cc1. The van der Waals surface area contributed by atoms with Crippen LogP contribution in [0.25, 0.3) is 0 Å². The van der Waals surface area contributed by atoms with E-state index in [2.05, 4.69) is 21.2 Å². The standard InChI is InChI=1S/C12H10BrF2NOS/c13-10-5-6-17-11(10)7-16-8-1-3-9(4-2-8)18-12(14)15/h1-6,12,16H,7H2. The van der Waals surface area contributed by atoms with Gasteiger partial charge in [-0.2, -0.15) is 8.78 Å². The molecule has 2 rings (SSSR count). The van der Waals surface area contributed by atoms with Crippen LogP contribution in [0.3, 0.4) is 0 Å². The summed E-state index contributed by atoms with van der Waals surface area (Å²) in [6.45, 7) is 0.537. The number of nitrogens with one attached hydrogen (secondary N) is 1. The molecule has 2 aromatic rings. The highest BCUT2D eigenvalue weighted by Crippen LogP contribution is 2.26. The first-order valence-electron chi connectivity index (χ1n) is 5.16. The fraction of sp³-hybridized carbons (Fsp3) is 0.167. The second kappa shape index (κ2) is 6.24. The van der Waals surface area contributed by atoms with Crippen LogP contribution < -0.4 is 5.32 Å². The minimum absolute atomic E-state index is 0.537. The van der Waals surface area contributed by atoms with Crippen molar-refractivity contribution in [2.24, 2.45) is 0 Å². The Morgan fingerprint density at radius 3 is 2.50 bits per heavy atom. The average molecular weight is 334 g/mol. The molecule has 0 aliphatic rings. The molecule has 2 nitrogen and oxygen atoms in total. The van der Waals surface area contributed by atoms with Crippen LogP contribution in [-0.4, -0.2) is 5.76 Å². The topological polar surface area (TPSA) is 25.2 Å². The van der Waals surface area contributed by atoms with Crippen LogP contribution in [0.1, 0.15) is 5.76 Å². The predicted octanol–water partition coefficient (Wildman–Crippen LogP) is 4.97. The molecule has 1 N–H and O–H groups in total. The largest absolute Gasteiger partial charge is 0.466 e. The quantitative estimate of drug-likeness (QED) is 0.782. The molecule has 0 atom stereocenters. The molecule has 0 bridgehead atoms. The van der Waals surface area contributed by atoms with Crippen LogP contribution in [0.4, 0.5) is 14.5 Å². The monoisotopic (exact) mass is 333 g/mol. The van der Waals surface area contributed by atoms with E-state index in [0.717, 1.165) is 15.9 Å².